The summed E-state index contributed by atoms with van der Waals surface area (Å²) in [7, 11) is 0. The molecule has 1 atom stereocenters. The van der Waals surface area contributed by atoms with Gasteiger partial charge in [0, 0.05) is 6.42 Å². The summed E-state index contributed by atoms with van der Waals surface area (Å²) in [5.41, 5.74) is 0.480. The molecule has 0 amide bonds. The van der Waals surface area contributed by atoms with E-state index in [4.69, 9.17) is 9.84 Å². The molecule has 1 rings (SSSR count). The average molecular weight is 260 g/mol. The van der Waals surface area contributed by atoms with Gasteiger partial charge in [0.2, 0.25) is 0 Å². The third-order valence-corrected chi connectivity index (χ3v) is 2.97. The lowest BCUT2D eigenvalue weighted by atomic mass is 9.93. The number of carboxylic acids is 1. The van der Waals surface area contributed by atoms with Crippen LogP contribution in [0, 0.1) is 0 Å². The van der Waals surface area contributed by atoms with Crippen LogP contribution in [-0.2, 0) is 11.2 Å². The van der Waals surface area contributed by atoms with E-state index < -0.39 is 11.6 Å². The fourth-order valence-electron chi connectivity index (χ4n) is 1.82. The Morgan fingerprint density at radius 3 is 2.68 bits per heavy atom. The van der Waals surface area contributed by atoms with Gasteiger partial charge >= 0.3 is 5.97 Å². The lowest BCUT2D eigenvalue weighted by molar-refractivity contribution is 0.00871. The zero-order chi connectivity index (χ0) is 14.3. The van der Waals surface area contributed by atoms with Gasteiger partial charge in [-0.05, 0) is 25.0 Å². The van der Waals surface area contributed by atoms with Gasteiger partial charge in [0.15, 0.2) is 0 Å². The molecule has 0 aliphatic rings. The third-order valence-electron chi connectivity index (χ3n) is 2.97. The molecule has 1 aromatic carbocycles. The van der Waals surface area contributed by atoms with E-state index in [0.29, 0.717) is 18.6 Å². The van der Waals surface area contributed by atoms with Crippen molar-refractivity contribution in [3.8, 4) is 0 Å². The molecule has 0 radical (unpaired) electrons. The summed E-state index contributed by atoms with van der Waals surface area (Å²) >= 11 is 0. The Morgan fingerprint density at radius 2 is 2.11 bits per heavy atom. The van der Waals surface area contributed by atoms with Crippen LogP contribution in [0.25, 0.3) is 0 Å². The normalized spacial score (nSPS) is 13.5. The number of ether oxygens (including phenoxy) is 1. The molecule has 1 N–H and O–H groups in total. The Hall–Kier alpha value is -1.87. The standard InChI is InChI=1S/C16H20O3/c1-4-6-11-19-16(3,5-2)12-13-9-7-8-10-14(13)15(17)18/h4-5,7-10H,1-2,6,11-12H2,3H3,(H,17,18)/t16-/m0/s1. The molecule has 0 aromatic heterocycles. The van der Waals surface area contributed by atoms with Gasteiger partial charge in [-0.1, -0.05) is 30.4 Å². The van der Waals surface area contributed by atoms with Crippen molar-refractivity contribution in [2.75, 3.05) is 6.61 Å². The fourth-order valence-corrected chi connectivity index (χ4v) is 1.82. The first-order valence-electron chi connectivity index (χ1n) is 6.22. The number of hydrogen-bond donors (Lipinski definition) is 1. The van der Waals surface area contributed by atoms with E-state index in [0.717, 1.165) is 12.0 Å². The van der Waals surface area contributed by atoms with Crippen LogP contribution in [0.1, 0.15) is 29.3 Å². The minimum atomic E-state index is -0.923. The minimum absolute atomic E-state index is 0.308. The highest BCUT2D eigenvalue weighted by atomic mass is 16.5. The van der Waals surface area contributed by atoms with E-state index in [9.17, 15) is 4.79 Å². The van der Waals surface area contributed by atoms with Crippen molar-refractivity contribution in [1.82, 2.24) is 0 Å². The number of carbonyl (C=O) groups is 1. The van der Waals surface area contributed by atoms with Crippen molar-refractivity contribution in [3.63, 3.8) is 0 Å². The molecule has 0 fully saturated rings. The van der Waals surface area contributed by atoms with Gasteiger partial charge in [0.1, 0.15) is 0 Å². The highest BCUT2D eigenvalue weighted by molar-refractivity contribution is 5.89. The lowest BCUT2D eigenvalue weighted by Crippen LogP contribution is -2.30. The molecule has 0 heterocycles. The first-order valence-corrected chi connectivity index (χ1v) is 6.22. The summed E-state index contributed by atoms with van der Waals surface area (Å²) in [6.07, 6.45) is 4.74. The van der Waals surface area contributed by atoms with E-state index >= 15 is 0 Å². The maximum absolute atomic E-state index is 11.2. The summed E-state index contributed by atoms with van der Waals surface area (Å²) in [5.74, 6) is -0.923. The summed E-state index contributed by atoms with van der Waals surface area (Å²) in [6.45, 7) is 9.88. The van der Waals surface area contributed by atoms with E-state index in [-0.39, 0.29) is 0 Å². The third kappa shape index (κ3) is 4.38. The molecule has 0 spiro atoms. The molecular formula is C16H20O3. The Labute approximate surface area is 114 Å². The molecule has 0 saturated carbocycles. The lowest BCUT2D eigenvalue weighted by Gasteiger charge is -2.27. The van der Waals surface area contributed by atoms with E-state index in [1.165, 1.54) is 0 Å². The fraction of sp³-hybridized carbons (Fsp3) is 0.312. The van der Waals surface area contributed by atoms with Crippen LogP contribution in [0.3, 0.4) is 0 Å². The SMILES string of the molecule is C=CCCO[C@@](C)(C=C)Cc1ccccc1C(=O)O. The van der Waals surface area contributed by atoms with Crippen molar-refractivity contribution < 1.29 is 14.6 Å². The van der Waals surface area contributed by atoms with Crippen molar-refractivity contribution in [2.45, 2.75) is 25.4 Å². The molecule has 3 nitrogen and oxygen atoms in total. The van der Waals surface area contributed by atoms with Crippen molar-refractivity contribution in [2.24, 2.45) is 0 Å². The second-order valence-corrected chi connectivity index (χ2v) is 4.58. The van der Waals surface area contributed by atoms with Crippen LogP contribution >= 0.6 is 0 Å². The number of hydrogen-bond acceptors (Lipinski definition) is 2. The van der Waals surface area contributed by atoms with Crippen LogP contribution in [0.5, 0.6) is 0 Å². The topological polar surface area (TPSA) is 46.5 Å². The first kappa shape index (κ1) is 15.2. The summed E-state index contributed by atoms with van der Waals surface area (Å²) < 4.78 is 5.78. The summed E-state index contributed by atoms with van der Waals surface area (Å²) in [6, 6.07) is 6.96. The Balaban J connectivity index is 2.88. The maximum Gasteiger partial charge on any atom is 0.335 e. The largest absolute Gasteiger partial charge is 0.478 e. The molecule has 0 aliphatic carbocycles. The monoisotopic (exact) mass is 260 g/mol. The number of aromatic carboxylic acids is 1. The molecule has 0 unspecified atom stereocenters. The van der Waals surface area contributed by atoms with Crippen LogP contribution in [0.15, 0.2) is 49.6 Å². The molecule has 0 saturated heterocycles. The number of benzene rings is 1. The second kappa shape index (κ2) is 6.90. The zero-order valence-corrected chi connectivity index (χ0v) is 11.3. The zero-order valence-electron chi connectivity index (χ0n) is 11.3. The smallest absolute Gasteiger partial charge is 0.335 e. The predicted molar refractivity (Wildman–Crippen MR) is 76.5 cm³/mol. The van der Waals surface area contributed by atoms with Gasteiger partial charge in [-0.2, -0.15) is 0 Å². The van der Waals surface area contributed by atoms with Gasteiger partial charge in [-0.25, -0.2) is 4.79 Å². The molecule has 102 valence electrons. The second-order valence-electron chi connectivity index (χ2n) is 4.58. The van der Waals surface area contributed by atoms with Crippen molar-refractivity contribution >= 4 is 5.97 Å². The highest BCUT2D eigenvalue weighted by Gasteiger charge is 2.23. The molecule has 0 aliphatic heterocycles. The van der Waals surface area contributed by atoms with Crippen LogP contribution in [-0.4, -0.2) is 23.3 Å². The number of carboxylic acid groups (broad SMARTS) is 1. The van der Waals surface area contributed by atoms with Crippen LogP contribution in [0.2, 0.25) is 0 Å². The molecule has 0 bridgehead atoms. The molecular weight excluding hydrogens is 240 g/mol. The van der Waals surface area contributed by atoms with E-state index in [1.807, 2.05) is 19.1 Å². The average Bonchev–Trinajstić information content (AvgIpc) is 2.39. The van der Waals surface area contributed by atoms with Gasteiger partial charge in [0.05, 0.1) is 17.8 Å². The Kier molecular flexibility index (Phi) is 5.52. The molecule has 19 heavy (non-hydrogen) atoms. The highest BCUT2D eigenvalue weighted by Crippen LogP contribution is 2.22. The first-order chi connectivity index (χ1) is 9.02. The van der Waals surface area contributed by atoms with Crippen molar-refractivity contribution in [3.05, 3.63) is 60.7 Å². The molecule has 1 aromatic rings. The van der Waals surface area contributed by atoms with E-state index in [1.54, 1.807) is 24.3 Å². The Bertz CT molecular complexity index is 465. The quantitative estimate of drug-likeness (QED) is 0.575. The van der Waals surface area contributed by atoms with E-state index in [2.05, 4.69) is 13.2 Å². The van der Waals surface area contributed by atoms with Crippen molar-refractivity contribution in [1.29, 1.82) is 0 Å². The maximum atomic E-state index is 11.2. The summed E-state index contributed by atoms with van der Waals surface area (Å²) in [5, 5.41) is 9.17. The minimum Gasteiger partial charge on any atom is -0.478 e. The van der Waals surface area contributed by atoms with Crippen LogP contribution < -0.4 is 0 Å². The van der Waals surface area contributed by atoms with Gasteiger partial charge in [-0.15, -0.1) is 13.2 Å². The Morgan fingerprint density at radius 1 is 1.42 bits per heavy atom. The van der Waals surface area contributed by atoms with Crippen LogP contribution in [0.4, 0.5) is 0 Å². The van der Waals surface area contributed by atoms with Gasteiger partial charge < -0.3 is 9.84 Å². The summed E-state index contributed by atoms with van der Waals surface area (Å²) in [4.78, 5) is 11.2. The van der Waals surface area contributed by atoms with Gasteiger partial charge in [0.25, 0.3) is 0 Å². The van der Waals surface area contributed by atoms with Gasteiger partial charge in [-0.3, -0.25) is 0 Å². The number of rotatable bonds is 8. The molecule has 3 heteroatoms. The predicted octanol–water partition coefficient (Wildman–Crippen LogP) is 3.46.